The van der Waals surface area contributed by atoms with E-state index in [0.29, 0.717) is 17.4 Å². The molecule has 2 aromatic carbocycles. The molecule has 0 amide bonds. The molecular weight excluding hydrogens is 326 g/mol. The van der Waals surface area contributed by atoms with E-state index in [4.69, 9.17) is 0 Å². The van der Waals surface area contributed by atoms with Gasteiger partial charge in [-0.1, -0.05) is 49.1 Å². The lowest BCUT2D eigenvalue weighted by Gasteiger charge is -2.27. The van der Waals surface area contributed by atoms with Crippen LogP contribution in [0, 0.1) is 29.4 Å². The fourth-order valence-electron chi connectivity index (χ4n) is 3.55. The number of hydrogen-bond donors (Lipinski definition) is 0. The Hall–Kier alpha value is -2.40. The highest BCUT2D eigenvalue weighted by Gasteiger charge is 2.20. The quantitative estimate of drug-likeness (QED) is 0.561. The molecule has 0 N–H and O–H groups in total. The van der Waals surface area contributed by atoms with E-state index in [2.05, 4.69) is 49.1 Å². The lowest BCUT2D eigenvalue weighted by Crippen LogP contribution is -2.11. The van der Waals surface area contributed by atoms with Gasteiger partial charge in [0, 0.05) is 5.56 Å². The molecule has 134 valence electrons. The van der Waals surface area contributed by atoms with Gasteiger partial charge in [0.05, 0.1) is 0 Å². The molecule has 2 heteroatoms. The molecule has 1 saturated carbocycles. The van der Waals surface area contributed by atoms with E-state index in [0.717, 1.165) is 18.6 Å². The van der Waals surface area contributed by atoms with Crippen LogP contribution in [0.2, 0.25) is 0 Å². The monoisotopic (exact) mass is 350 g/mol. The van der Waals surface area contributed by atoms with Gasteiger partial charge in [0.2, 0.25) is 0 Å². The highest BCUT2D eigenvalue weighted by molar-refractivity contribution is 5.37. The third-order valence-electron chi connectivity index (χ3n) is 5.22. The molecule has 0 spiro atoms. The molecule has 1 aliphatic carbocycles. The maximum absolute atomic E-state index is 13.1. The SMILES string of the molecule is CCc1ccc(C2CCC(/C=C/C#Cc3ccc(F)c(F)c3)CC2)cc1. The Morgan fingerprint density at radius 1 is 0.962 bits per heavy atom. The van der Waals surface area contributed by atoms with Crippen molar-refractivity contribution in [2.24, 2.45) is 5.92 Å². The number of allylic oxidation sites excluding steroid dienone is 2. The van der Waals surface area contributed by atoms with Crippen LogP contribution in [0.1, 0.15) is 55.2 Å². The molecule has 2 aromatic rings. The summed E-state index contributed by atoms with van der Waals surface area (Å²) in [6.45, 7) is 2.18. The van der Waals surface area contributed by atoms with Crippen LogP contribution in [0.3, 0.4) is 0 Å². The first-order valence-electron chi connectivity index (χ1n) is 9.38. The van der Waals surface area contributed by atoms with Crippen molar-refractivity contribution in [3.05, 3.63) is 82.9 Å². The fraction of sp³-hybridized carbons (Fsp3) is 0.333. The van der Waals surface area contributed by atoms with Crippen LogP contribution in [0.15, 0.2) is 54.6 Å². The van der Waals surface area contributed by atoms with Crippen molar-refractivity contribution in [3.63, 3.8) is 0 Å². The van der Waals surface area contributed by atoms with Gasteiger partial charge in [-0.25, -0.2) is 8.78 Å². The van der Waals surface area contributed by atoms with Gasteiger partial charge in [0.1, 0.15) is 0 Å². The number of rotatable bonds is 3. The highest BCUT2D eigenvalue weighted by atomic mass is 19.2. The zero-order valence-electron chi connectivity index (χ0n) is 15.1. The van der Waals surface area contributed by atoms with Gasteiger partial charge in [-0.2, -0.15) is 0 Å². The summed E-state index contributed by atoms with van der Waals surface area (Å²) in [5.41, 5.74) is 3.35. The van der Waals surface area contributed by atoms with E-state index in [1.54, 1.807) is 0 Å². The van der Waals surface area contributed by atoms with Crippen LogP contribution >= 0.6 is 0 Å². The molecule has 0 aliphatic heterocycles. The third kappa shape index (κ3) is 4.82. The van der Waals surface area contributed by atoms with Gasteiger partial charge in [-0.15, -0.1) is 0 Å². The number of benzene rings is 2. The molecular formula is C24H24F2. The van der Waals surface area contributed by atoms with Crippen LogP contribution in [0.4, 0.5) is 8.78 Å². The van der Waals surface area contributed by atoms with Crippen LogP contribution in [-0.4, -0.2) is 0 Å². The summed E-state index contributed by atoms with van der Waals surface area (Å²) in [7, 11) is 0. The largest absolute Gasteiger partial charge is 0.204 e. The molecule has 1 fully saturated rings. The van der Waals surface area contributed by atoms with E-state index in [-0.39, 0.29) is 0 Å². The van der Waals surface area contributed by atoms with Gasteiger partial charge in [-0.3, -0.25) is 0 Å². The van der Waals surface area contributed by atoms with Gasteiger partial charge < -0.3 is 0 Å². The van der Waals surface area contributed by atoms with Gasteiger partial charge in [0.15, 0.2) is 11.6 Å². The first-order valence-corrected chi connectivity index (χ1v) is 9.38. The average molecular weight is 350 g/mol. The Balaban J connectivity index is 1.51. The van der Waals surface area contributed by atoms with Crippen molar-refractivity contribution in [3.8, 4) is 11.8 Å². The molecule has 0 nitrogen and oxygen atoms in total. The summed E-state index contributed by atoms with van der Waals surface area (Å²) < 4.78 is 26.0. The molecule has 0 bridgehead atoms. The van der Waals surface area contributed by atoms with Gasteiger partial charge >= 0.3 is 0 Å². The predicted molar refractivity (Wildman–Crippen MR) is 103 cm³/mol. The van der Waals surface area contributed by atoms with Crippen LogP contribution < -0.4 is 0 Å². The molecule has 3 rings (SSSR count). The van der Waals surface area contributed by atoms with Crippen LogP contribution in [-0.2, 0) is 6.42 Å². The zero-order chi connectivity index (χ0) is 18.4. The molecule has 0 unspecified atom stereocenters. The summed E-state index contributed by atoms with van der Waals surface area (Å²) in [5.74, 6) is 5.31. The van der Waals surface area contributed by atoms with Crippen LogP contribution in [0.5, 0.6) is 0 Å². The van der Waals surface area contributed by atoms with Gasteiger partial charge in [0.25, 0.3) is 0 Å². The van der Waals surface area contributed by atoms with Crippen molar-refractivity contribution in [2.75, 3.05) is 0 Å². The van der Waals surface area contributed by atoms with Crippen molar-refractivity contribution in [1.82, 2.24) is 0 Å². The molecule has 26 heavy (non-hydrogen) atoms. The smallest absolute Gasteiger partial charge is 0.160 e. The summed E-state index contributed by atoms with van der Waals surface area (Å²) in [5, 5.41) is 0. The highest BCUT2D eigenvalue weighted by Crippen LogP contribution is 2.36. The van der Waals surface area contributed by atoms with Gasteiger partial charge in [-0.05, 0) is 79.3 Å². The Bertz CT molecular complexity index is 814. The molecule has 0 atom stereocenters. The van der Waals surface area contributed by atoms with Crippen molar-refractivity contribution >= 4 is 0 Å². The summed E-state index contributed by atoms with van der Waals surface area (Å²) >= 11 is 0. The Morgan fingerprint density at radius 3 is 2.35 bits per heavy atom. The Labute approximate surface area is 155 Å². The number of halogens is 2. The Kier molecular flexibility index (Phi) is 6.23. The molecule has 1 aliphatic rings. The maximum atomic E-state index is 13.1. The van der Waals surface area contributed by atoms with Crippen molar-refractivity contribution in [2.45, 2.75) is 44.9 Å². The minimum absolute atomic E-state index is 0.493. The van der Waals surface area contributed by atoms with Crippen molar-refractivity contribution < 1.29 is 8.78 Å². The molecule has 0 saturated heterocycles. The second-order valence-electron chi connectivity index (χ2n) is 6.96. The predicted octanol–water partition coefficient (Wildman–Crippen LogP) is 6.41. The lowest BCUT2D eigenvalue weighted by atomic mass is 9.78. The average Bonchev–Trinajstić information content (AvgIpc) is 2.68. The molecule has 0 radical (unpaired) electrons. The fourth-order valence-corrected chi connectivity index (χ4v) is 3.55. The lowest BCUT2D eigenvalue weighted by molar-refractivity contribution is 0.376. The first kappa shape index (κ1) is 18.4. The minimum atomic E-state index is -0.855. The first-order chi connectivity index (χ1) is 12.7. The zero-order valence-corrected chi connectivity index (χ0v) is 15.1. The summed E-state index contributed by atoms with van der Waals surface area (Å²) in [6, 6.07) is 12.8. The third-order valence-corrected chi connectivity index (χ3v) is 5.22. The van der Waals surface area contributed by atoms with E-state index >= 15 is 0 Å². The van der Waals surface area contributed by atoms with E-state index in [9.17, 15) is 8.78 Å². The topological polar surface area (TPSA) is 0 Å². The number of hydrogen-bond acceptors (Lipinski definition) is 0. The normalized spacial score (nSPS) is 20.0. The number of aryl methyl sites for hydroxylation is 1. The molecule has 0 heterocycles. The maximum Gasteiger partial charge on any atom is 0.160 e. The second kappa shape index (κ2) is 8.81. The molecule has 0 aromatic heterocycles. The van der Waals surface area contributed by atoms with Crippen molar-refractivity contribution in [1.29, 1.82) is 0 Å². The van der Waals surface area contributed by atoms with Crippen LogP contribution in [0.25, 0.3) is 0 Å². The standard InChI is InChI=1S/C24H24F2/c1-2-18-7-12-21(13-8-18)22-14-9-19(10-15-22)5-3-4-6-20-11-16-23(25)24(26)17-20/h3,5,7-8,11-13,16-17,19,22H,2,9-10,14-15H2,1H3/b5-3+. The Morgan fingerprint density at radius 2 is 1.69 bits per heavy atom. The second-order valence-corrected chi connectivity index (χ2v) is 6.96. The van der Waals surface area contributed by atoms with E-state index in [1.165, 1.54) is 42.9 Å². The summed E-state index contributed by atoms with van der Waals surface area (Å²) in [6.07, 6.45) is 9.84. The van der Waals surface area contributed by atoms with E-state index in [1.807, 2.05) is 6.08 Å². The minimum Gasteiger partial charge on any atom is -0.204 e. The van der Waals surface area contributed by atoms with E-state index < -0.39 is 11.6 Å². The summed E-state index contributed by atoms with van der Waals surface area (Å²) in [4.78, 5) is 0.